The van der Waals surface area contributed by atoms with Crippen molar-refractivity contribution in [2.24, 2.45) is 0 Å². The average Bonchev–Trinajstić information content (AvgIpc) is 3.86. The molecule has 3 heterocycles. The maximum absolute atomic E-state index is 14.7. The monoisotopic (exact) mass is 684 g/mol. The van der Waals surface area contributed by atoms with Crippen molar-refractivity contribution in [3.8, 4) is 39.8 Å². The van der Waals surface area contributed by atoms with E-state index in [2.05, 4.69) is 15.6 Å². The third-order valence-corrected chi connectivity index (χ3v) is 9.04. The summed E-state index contributed by atoms with van der Waals surface area (Å²) in [6.45, 7) is 4.38. The zero-order valence-electron chi connectivity index (χ0n) is 27.7. The number of carbonyl (C=O) groups excluding carboxylic acids is 1. The van der Waals surface area contributed by atoms with Gasteiger partial charge in [-0.1, -0.05) is 31.2 Å². The van der Waals surface area contributed by atoms with Gasteiger partial charge in [-0.2, -0.15) is 8.78 Å². The average molecular weight is 685 g/mol. The number of halogens is 3. The second-order valence-electron chi connectivity index (χ2n) is 12.2. The number of ether oxygens (including phenoxy) is 2. The molecule has 2 N–H and O–H groups in total. The van der Waals surface area contributed by atoms with Crippen LogP contribution in [0.15, 0.2) is 69.5 Å². The smallest absolute Gasteiger partial charge is 0.387 e. The molecule has 1 aliphatic heterocycles. The summed E-state index contributed by atoms with van der Waals surface area (Å²) in [7, 11) is 0. The summed E-state index contributed by atoms with van der Waals surface area (Å²) >= 11 is 0. The van der Waals surface area contributed by atoms with Crippen molar-refractivity contribution in [2.75, 3.05) is 13.1 Å². The van der Waals surface area contributed by atoms with Crippen LogP contribution in [0.25, 0.3) is 56.2 Å². The molecule has 0 bridgehead atoms. The third kappa shape index (κ3) is 6.56. The zero-order valence-corrected chi connectivity index (χ0v) is 27.7. The molecule has 0 unspecified atom stereocenters. The number of aromatic nitrogens is 2. The number of hydrogen-bond acceptors (Lipinski definition) is 9. The Kier molecular flexibility index (Phi) is 9.30. The summed E-state index contributed by atoms with van der Waals surface area (Å²) < 4.78 is 63.8. The van der Waals surface area contributed by atoms with Crippen LogP contribution >= 0.6 is 0 Å². The minimum Gasteiger partial charge on any atom is -0.460 e. The first-order valence-electron chi connectivity index (χ1n) is 16.5. The fraction of sp³-hybridized carbons (Fsp3) is 0.289. The van der Waals surface area contributed by atoms with Crippen LogP contribution in [0.2, 0.25) is 0 Å². The number of nitrogens with one attached hydrogen (secondary N) is 2. The molecule has 7 rings (SSSR count). The van der Waals surface area contributed by atoms with Gasteiger partial charge in [-0.15, -0.1) is 0 Å². The molecule has 258 valence electrons. The number of hydrogen-bond donors (Lipinski definition) is 2. The van der Waals surface area contributed by atoms with Crippen molar-refractivity contribution in [1.29, 1.82) is 0 Å². The van der Waals surface area contributed by atoms with Gasteiger partial charge in [0.05, 0.1) is 0 Å². The molecule has 0 aliphatic carbocycles. The van der Waals surface area contributed by atoms with Crippen LogP contribution in [0.3, 0.4) is 0 Å². The van der Waals surface area contributed by atoms with Crippen molar-refractivity contribution in [3.63, 3.8) is 0 Å². The number of benzene rings is 4. The summed E-state index contributed by atoms with van der Waals surface area (Å²) in [6, 6.07) is 17.1. The van der Waals surface area contributed by atoms with E-state index in [9.17, 15) is 18.0 Å². The molecule has 1 aliphatic rings. The topological polar surface area (TPSA) is 112 Å². The molecule has 9 nitrogen and oxygen atoms in total. The quantitative estimate of drug-likeness (QED) is 0.130. The molecule has 0 amide bonds. The van der Waals surface area contributed by atoms with Crippen LogP contribution in [0.5, 0.6) is 5.75 Å². The minimum atomic E-state index is -3.09. The van der Waals surface area contributed by atoms with E-state index in [1.165, 1.54) is 18.2 Å². The molecular weight excluding hydrogens is 649 g/mol. The van der Waals surface area contributed by atoms with Crippen molar-refractivity contribution in [3.05, 3.63) is 88.7 Å². The zero-order chi connectivity index (χ0) is 34.9. The third-order valence-electron chi connectivity index (χ3n) is 9.04. The molecule has 0 spiro atoms. The van der Waals surface area contributed by atoms with Crippen LogP contribution in [-0.4, -0.2) is 41.7 Å². The van der Waals surface area contributed by atoms with E-state index in [1.807, 2.05) is 57.2 Å². The van der Waals surface area contributed by atoms with Gasteiger partial charge < -0.3 is 28.9 Å². The Morgan fingerprint density at radius 2 is 1.52 bits per heavy atom. The summed E-state index contributed by atoms with van der Waals surface area (Å²) in [6.07, 6.45) is 1.51. The highest BCUT2D eigenvalue weighted by Crippen LogP contribution is 2.39. The first kappa shape index (κ1) is 33.3. The standard InChI is InChI=1S/C38H35F3N4O5/c1-4-42-18-22-14-30-33(16-28(22)39)48-35(44-30)26-10-5-8-24(20(26)2)25-9-6-11-27(21(25)3)36-45-31-15-23(19-47-37(46)29-12-7-13-43-29)32(50-38(40)41)17-34(31)49-36/h5-6,8-11,14-17,29,38,42-43H,4,7,12-13,18-19H2,1-3H3/t29-/m0/s1. The van der Waals surface area contributed by atoms with Crippen molar-refractivity contribution >= 4 is 28.2 Å². The number of rotatable bonds is 11. The molecule has 6 aromatic rings. The van der Waals surface area contributed by atoms with Crippen LogP contribution in [0.1, 0.15) is 42.0 Å². The molecule has 0 saturated carbocycles. The van der Waals surface area contributed by atoms with Gasteiger partial charge in [0.1, 0.15) is 35.2 Å². The number of oxazole rings is 2. The predicted molar refractivity (Wildman–Crippen MR) is 182 cm³/mol. The lowest BCUT2D eigenvalue weighted by atomic mass is 9.91. The maximum atomic E-state index is 14.7. The lowest BCUT2D eigenvalue weighted by Crippen LogP contribution is -2.32. The van der Waals surface area contributed by atoms with E-state index in [-0.39, 0.29) is 35.2 Å². The van der Waals surface area contributed by atoms with E-state index in [4.69, 9.17) is 23.3 Å². The SMILES string of the molecule is CCNCc1cc2nc(-c3cccc(-c4cccc(-c5nc6cc(COC(=O)[C@@H]7CCCN7)c(OC(F)F)cc6o5)c4C)c3C)oc2cc1F. The number of fused-ring (bicyclic) bond motifs is 2. The number of carbonyl (C=O) groups is 1. The van der Waals surface area contributed by atoms with E-state index >= 15 is 0 Å². The molecule has 1 atom stereocenters. The Morgan fingerprint density at radius 1 is 0.920 bits per heavy atom. The summed E-state index contributed by atoms with van der Waals surface area (Å²) in [5, 5.41) is 6.21. The van der Waals surface area contributed by atoms with Gasteiger partial charge in [0, 0.05) is 40.9 Å². The van der Waals surface area contributed by atoms with Gasteiger partial charge in [0.2, 0.25) is 11.8 Å². The predicted octanol–water partition coefficient (Wildman–Crippen LogP) is 8.23. The van der Waals surface area contributed by atoms with E-state index in [0.29, 0.717) is 46.6 Å². The Labute approximate surface area is 285 Å². The second kappa shape index (κ2) is 14.0. The Morgan fingerprint density at radius 3 is 2.10 bits per heavy atom. The fourth-order valence-electron chi connectivity index (χ4n) is 6.39. The molecule has 1 saturated heterocycles. The molecule has 12 heteroatoms. The van der Waals surface area contributed by atoms with Crippen molar-refractivity contribution in [2.45, 2.75) is 59.4 Å². The highest BCUT2D eigenvalue weighted by molar-refractivity contribution is 5.85. The summed E-state index contributed by atoms with van der Waals surface area (Å²) in [4.78, 5) is 21.9. The fourth-order valence-corrected chi connectivity index (χ4v) is 6.39. The molecule has 50 heavy (non-hydrogen) atoms. The van der Waals surface area contributed by atoms with Gasteiger partial charge in [0.25, 0.3) is 0 Å². The van der Waals surface area contributed by atoms with Crippen LogP contribution in [0.4, 0.5) is 13.2 Å². The maximum Gasteiger partial charge on any atom is 0.387 e. The number of esters is 1. The molecule has 4 aromatic carbocycles. The summed E-state index contributed by atoms with van der Waals surface area (Å²) in [5.74, 6) is -0.286. The first-order valence-corrected chi connectivity index (χ1v) is 16.5. The van der Waals surface area contributed by atoms with Crippen molar-refractivity contribution < 1.29 is 36.3 Å². The normalized spacial score (nSPS) is 14.7. The first-order chi connectivity index (χ1) is 24.2. The highest BCUT2D eigenvalue weighted by atomic mass is 19.3. The molecule has 2 aromatic heterocycles. The molecule has 0 radical (unpaired) electrons. The number of nitrogens with zero attached hydrogens (tertiary/aromatic N) is 2. The lowest BCUT2D eigenvalue weighted by molar-refractivity contribution is -0.147. The highest BCUT2D eigenvalue weighted by Gasteiger charge is 2.25. The largest absolute Gasteiger partial charge is 0.460 e. The molecular formula is C38H35F3N4O5. The van der Waals surface area contributed by atoms with Gasteiger partial charge >= 0.3 is 12.6 Å². The van der Waals surface area contributed by atoms with Gasteiger partial charge in [-0.05, 0) is 86.3 Å². The van der Waals surface area contributed by atoms with E-state index < -0.39 is 18.6 Å². The van der Waals surface area contributed by atoms with Crippen LogP contribution < -0.4 is 15.4 Å². The Bertz CT molecular complexity index is 2210. The van der Waals surface area contributed by atoms with Gasteiger partial charge in [-0.25, -0.2) is 14.4 Å². The van der Waals surface area contributed by atoms with Crippen molar-refractivity contribution in [1.82, 2.24) is 20.6 Å². The van der Waals surface area contributed by atoms with Crippen LogP contribution in [-0.2, 0) is 22.7 Å². The molecule has 1 fully saturated rings. The van der Waals surface area contributed by atoms with E-state index in [0.717, 1.165) is 47.3 Å². The van der Waals surface area contributed by atoms with Crippen LogP contribution in [0, 0.1) is 19.7 Å². The second-order valence-corrected chi connectivity index (χ2v) is 12.2. The Balaban J connectivity index is 1.21. The van der Waals surface area contributed by atoms with Gasteiger partial charge in [0.15, 0.2) is 11.2 Å². The van der Waals surface area contributed by atoms with Gasteiger partial charge in [-0.3, -0.25) is 4.79 Å². The summed E-state index contributed by atoms with van der Waals surface area (Å²) in [5.41, 5.74) is 7.43. The van der Waals surface area contributed by atoms with E-state index in [1.54, 1.807) is 6.07 Å². The lowest BCUT2D eigenvalue weighted by Gasteiger charge is -2.14. The minimum absolute atomic E-state index is 0.156. The Hall–Kier alpha value is -5.20. The number of alkyl halides is 2.